The number of benzene rings is 1. The summed E-state index contributed by atoms with van der Waals surface area (Å²) in [5.74, 6) is 0. The van der Waals surface area contributed by atoms with E-state index in [1.54, 1.807) is 44.2 Å². The van der Waals surface area contributed by atoms with Gasteiger partial charge in [-0.1, -0.05) is 18.2 Å². The Morgan fingerprint density at radius 2 is 1.64 bits per heavy atom. The van der Waals surface area contributed by atoms with E-state index in [1.165, 1.54) is 0 Å². The molecule has 1 aromatic carbocycles. The van der Waals surface area contributed by atoms with E-state index in [0.717, 1.165) is 0 Å². The maximum atomic E-state index is 11.5. The van der Waals surface area contributed by atoms with Crippen LogP contribution in [0.25, 0.3) is 0 Å². The summed E-state index contributed by atoms with van der Waals surface area (Å²) in [6.07, 6.45) is 0. The van der Waals surface area contributed by atoms with E-state index in [0.29, 0.717) is 4.90 Å². The Bertz CT molecular complexity index is 362. The Morgan fingerprint density at radius 3 is 2.07 bits per heavy atom. The van der Waals surface area contributed by atoms with E-state index >= 15 is 0 Å². The second kappa shape index (κ2) is 5.88. The van der Waals surface area contributed by atoms with Crippen LogP contribution in [0.15, 0.2) is 35.2 Å². The second-order valence-corrected chi connectivity index (χ2v) is 4.80. The molecule has 0 heterocycles. The molecule has 0 radical (unpaired) electrons. The Labute approximate surface area is 107 Å². The molecule has 0 unspecified atom stereocenters. The van der Waals surface area contributed by atoms with Crippen LogP contribution in [0.1, 0.15) is 13.8 Å². The van der Waals surface area contributed by atoms with Crippen molar-refractivity contribution in [3.8, 4) is 0 Å². The van der Waals surface area contributed by atoms with Gasteiger partial charge < -0.3 is 0 Å². The molecule has 0 fully saturated rings. The number of nitrogens with one attached hydrogen (secondary N) is 1. The van der Waals surface area contributed by atoms with Crippen molar-refractivity contribution in [3.05, 3.63) is 30.3 Å². The quantitative estimate of drug-likeness (QED) is 0.768. The summed E-state index contributed by atoms with van der Waals surface area (Å²) in [6, 6.07) is 8.26. The summed E-state index contributed by atoms with van der Waals surface area (Å²) >= 11 is 0. The molecule has 0 aromatic heterocycles. The molecule has 5 heteroatoms. The van der Waals surface area contributed by atoms with Crippen molar-refractivity contribution in [1.29, 1.82) is 0 Å². The molecule has 0 aliphatic heterocycles. The van der Waals surface area contributed by atoms with Gasteiger partial charge in [-0.15, -0.1) is 0 Å². The van der Waals surface area contributed by atoms with Gasteiger partial charge in [0.15, 0.2) is 0 Å². The van der Waals surface area contributed by atoms with Gasteiger partial charge in [-0.2, -0.15) is 0 Å². The molecule has 0 saturated carbocycles. The van der Waals surface area contributed by atoms with Crippen LogP contribution < -0.4 is 4.72 Å². The molecule has 1 rings (SSSR count). The molecule has 0 aliphatic rings. The predicted molar refractivity (Wildman–Crippen MR) is 59.0 cm³/mol. The van der Waals surface area contributed by atoms with Gasteiger partial charge in [-0.25, -0.2) is 13.1 Å². The third-order valence-electron chi connectivity index (χ3n) is 1.44. The van der Waals surface area contributed by atoms with Gasteiger partial charge in [0.2, 0.25) is 10.0 Å². The molecule has 0 atom stereocenters. The van der Waals surface area contributed by atoms with Crippen molar-refractivity contribution in [3.63, 3.8) is 0 Å². The summed E-state index contributed by atoms with van der Waals surface area (Å²) in [5, 5.41) is 0. The Hall–Kier alpha value is 0.130. The van der Waals surface area contributed by atoms with Gasteiger partial charge in [0, 0.05) is 6.04 Å². The molecule has 0 spiro atoms. The molecule has 0 bridgehead atoms. The monoisotopic (exact) mass is 223 g/mol. The second-order valence-electron chi connectivity index (χ2n) is 3.09. The average molecular weight is 223 g/mol. The van der Waals surface area contributed by atoms with Gasteiger partial charge in [-0.05, 0) is 26.0 Å². The van der Waals surface area contributed by atoms with Crippen LogP contribution in [0.3, 0.4) is 0 Å². The first-order valence-electron chi connectivity index (χ1n) is 4.10. The molecule has 0 aliphatic carbocycles. The molecule has 74 valence electrons. The third-order valence-corrected chi connectivity index (χ3v) is 3.12. The zero-order valence-corrected chi connectivity index (χ0v) is 8.51. The first kappa shape index (κ1) is 14.1. The molecular formula is C9H14NNaO2S. The van der Waals surface area contributed by atoms with Crippen molar-refractivity contribution >= 4 is 39.6 Å². The fourth-order valence-electron chi connectivity index (χ4n) is 0.978. The van der Waals surface area contributed by atoms with E-state index in [2.05, 4.69) is 4.72 Å². The van der Waals surface area contributed by atoms with Crippen LogP contribution >= 0.6 is 0 Å². The Morgan fingerprint density at radius 1 is 1.14 bits per heavy atom. The van der Waals surface area contributed by atoms with Gasteiger partial charge >= 0.3 is 29.6 Å². The van der Waals surface area contributed by atoms with E-state index < -0.39 is 10.0 Å². The first-order chi connectivity index (χ1) is 6.02. The number of sulfonamides is 1. The van der Waals surface area contributed by atoms with Crippen LogP contribution in [0.5, 0.6) is 0 Å². The molecule has 0 saturated heterocycles. The predicted octanol–water partition coefficient (Wildman–Crippen LogP) is 0.725. The van der Waals surface area contributed by atoms with Crippen LogP contribution in [0.2, 0.25) is 0 Å². The normalized spacial score (nSPS) is 11.1. The SMILES string of the molecule is CC(C)NS(=O)(=O)c1ccccc1.[NaH]. The van der Waals surface area contributed by atoms with Gasteiger partial charge in [0.1, 0.15) is 0 Å². The summed E-state index contributed by atoms with van der Waals surface area (Å²) in [7, 11) is -3.31. The standard InChI is InChI=1S/C9H13NO2S.Na.H/c1-8(2)10-13(11,12)9-6-4-3-5-7-9;;/h3-8,10H,1-2H3;;. The molecular weight excluding hydrogens is 209 g/mol. The van der Waals surface area contributed by atoms with Crippen molar-refractivity contribution in [1.82, 2.24) is 4.72 Å². The van der Waals surface area contributed by atoms with Crippen LogP contribution in [0, 0.1) is 0 Å². The van der Waals surface area contributed by atoms with Gasteiger partial charge in [0.05, 0.1) is 4.90 Å². The van der Waals surface area contributed by atoms with E-state index in [-0.39, 0.29) is 35.6 Å². The van der Waals surface area contributed by atoms with Crippen LogP contribution in [-0.2, 0) is 10.0 Å². The summed E-state index contributed by atoms with van der Waals surface area (Å²) in [6.45, 7) is 3.58. The minimum absolute atomic E-state index is 0. The fourth-order valence-corrected chi connectivity index (χ4v) is 2.25. The molecule has 3 nitrogen and oxygen atoms in total. The van der Waals surface area contributed by atoms with Gasteiger partial charge in [0.25, 0.3) is 0 Å². The number of hydrogen-bond donors (Lipinski definition) is 1. The molecule has 0 amide bonds. The molecule has 1 aromatic rings. The Kier molecular flexibility index (Phi) is 5.93. The van der Waals surface area contributed by atoms with E-state index in [9.17, 15) is 8.42 Å². The van der Waals surface area contributed by atoms with Crippen LogP contribution in [0.4, 0.5) is 0 Å². The van der Waals surface area contributed by atoms with Crippen molar-refractivity contribution in [2.24, 2.45) is 0 Å². The number of hydrogen-bond acceptors (Lipinski definition) is 2. The summed E-state index contributed by atoms with van der Waals surface area (Å²) in [5.41, 5.74) is 0. The molecule has 1 N–H and O–H groups in total. The zero-order valence-electron chi connectivity index (χ0n) is 7.69. The first-order valence-corrected chi connectivity index (χ1v) is 5.58. The van der Waals surface area contributed by atoms with Crippen molar-refractivity contribution < 1.29 is 8.42 Å². The van der Waals surface area contributed by atoms with Crippen LogP contribution in [-0.4, -0.2) is 44.0 Å². The summed E-state index contributed by atoms with van der Waals surface area (Å²) < 4.78 is 25.6. The maximum absolute atomic E-state index is 11.5. The average Bonchev–Trinajstić information content (AvgIpc) is 2.04. The van der Waals surface area contributed by atoms with Crippen molar-refractivity contribution in [2.45, 2.75) is 24.8 Å². The van der Waals surface area contributed by atoms with Gasteiger partial charge in [-0.3, -0.25) is 0 Å². The summed E-state index contributed by atoms with van der Waals surface area (Å²) in [4.78, 5) is 0.309. The van der Waals surface area contributed by atoms with E-state index in [1.807, 2.05) is 0 Å². The third kappa shape index (κ3) is 4.11. The van der Waals surface area contributed by atoms with Crippen molar-refractivity contribution in [2.75, 3.05) is 0 Å². The number of rotatable bonds is 3. The fraction of sp³-hybridized carbons (Fsp3) is 0.333. The Balaban J connectivity index is 0.00000169. The van der Waals surface area contributed by atoms with E-state index in [4.69, 9.17) is 0 Å². The molecule has 14 heavy (non-hydrogen) atoms. The topological polar surface area (TPSA) is 46.2 Å². The zero-order chi connectivity index (χ0) is 9.90. The minimum atomic E-state index is -3.31.